The first kappa shape index (κ1) is 21.5. The van der Waals surface area contributed by atoms with Gasteiger partial charge in [-0.3, -0.25) is 10.1 Å². The maximum absolute atomic E-state index is 12.2. The van der Waals surface area contributed by atoms with Gasteiger partial charge in [0, 0.05) is 16.7 Å². The highest BCUT2D eigenvalue weighted by molar-refractivity contribution is 6.32. The normalized spacial score (nSPS) is 14.2. The van der Waals surface area contributed by atoms with Crippen molar-refractivity contribution in [1.29, 1.82) is 0 Å². The van der Waals surface area contributed by atoms with E-state index in [1.807, 2.05) is 12.1 Å². The van der Waals surface area contributed by atoms with Crippen LogP contribution in [0.3, 0.4) is 0 Å². The van der Waals surface area contributed by atoms with Crippen molar-refractivity contribution < 1.29 is 19.2 Å². The number of hydrogen-bond donors (Lipinski definition) is 0. The predicted molar refractivity (Wildman–Crippen MR) is 121 cm³/mol. The summed E-state index contributed by atoms with van der Waals surface area (Å²) in [6, 6.07) is 18.5. The molecule has 9 heteroatoms. The number of carbonyl (C=O) groups is 1. The third-order valence-electron chi connectivity index (χ3n) is 4.51. The molecule has 7 nitrogen and oxygen atoms in total. The Morgan fingerprint density at radius 1 is 1.03 bits per heavy atom. The molecule has 0 aromatic heterocycles. The van der Waals surface area contributed by atoms with Crippen molar-refractivity contribution in [2.45, 2.75) is 6.61 Å². The smallest absolute Gasteiger partial charge is 0.363 e. The fourth-order valence-corrected chi connectivity index (χ4v) is 3.20. The van der Waals surface area contributed by atoms with Crippen molar-refractivity contribution in [3.05, 3.63) is 109 Å². The number of nitrogens with zero attached hydrogens (tertiary/aromatic N) is 2. The van der Waals surface area contributed by atoms with Gasteiger partial charge in [-0.15, -0.1) is 0 Å². The van der Waals surface area contributed by atoms with E-state index in [0.717, 1.165) is 5.56 Å². The monoisotopic (exact) mass is 468 g/mol. The van der Waals surface area contributed by atoms with Gasteiger partial charge in [0.2, 0.25) is 5.90 Å². The van der Waals surface area contributed by atoms with Crippen LogP contribution in [-0.4, -0.2) is 16.8 Å². The Labute approximate surface area is 192 Å². The number of nitro benzene ring substituents is 1. The number of nitro groups is 1. The Hall–Kier alpha value is -3.68. The van der Waals surface area contributed by atoms with E-state index in [4.69, 9.17) is 32.7 Å². The van der Waals surface area contributed by atoms with E-state index in [-0.39, 0.29) is 27.9 Å². The first-order valence-corrected chi connectivity index (χ1v) is 10.1. The molecule has 0 N–H and O–H groups in total. The SMILES string of the molecule is O=C1OC(c2ccc(Cl)c([N+](=O)[O-])c2)=N/C1=C\c1ccc(OCc2ccc(Cl)cc2)cc1. The molecule has 0 bridgehead atoms. The van der Waals surface area contributed by atoms with Gasteiger partial charge < -0.3 is 9.47 Å². The van der Waals surface area contributed by atoms with Crippen LogP contribution >= 0.6 is 23.2 Å². The molecule has 4 rings (SSSR count). The standard InChI is InChI=1S/C23H14Cl2N2O5/c24-17-6-1-15(2-7-17)13-31-18-8-3-14(4-9-18)11-20-23(28)32-22(26-20)16-5-10-19(25)21(12-16)27(29)30/h1-12H,13H2/b20-11-. The second kappa shape index (κ2) is 9.21. The molecular weight excluding hydrogens is 455 g/mol. The molecule has 0 saturated heterocycles. The molecule has 1 aliphatic rings. The summed E-state index contributed by atoms with van der Waals surface area (Å²) in [6.07, 6.45) is 1.56. The van der Waals surface area contributed by atoms with E-state index in [2.05, 4.69) is 4.99 Å². The lowest BCUT2D eigenvalue weighted by molar-refractivity contribution is -0.384. The fourth-order valence-electron chi connectivity index (χ4n) is 2.88. The van der Waals surface area contributed by atoms with Gasteiger partial charge in [-0.1, -0.05) is 47.5 Å². The third-order valence-corrected chi connectivity index (χ3v) is 5.08. The van der Waals surface area contributed by atoms with Gasteiger partial charge in [0.05, 0.1) is 4.92 Å². The lowest BCUT2D eigenvalue weighted by Gasteiger charge is -2.06. The first-order valence-electron chi connectivity index (χ1n) is 9.33. The van der Waals surface area contributed by atoms with Crippen LogP contribution in [0.4, 0.5) is 5.69 Å². The molecular formula is C23H14Cl2N2O5. The van der Waals surface area contributed by atoms with Crippen LogP contribution in [0.1, 0.15) is 16.7 Å². The zero-order valence-electron chi connectivity index (χ0n) is 16.3. The Kier molecular flexibility index (Phi) is 6.20. The van der Waals surface area contributed by atoms with Gasteiger partial charge in [-0.05, 0) is 53.6 Å². The summed E-state index contributed by atoms with van der Waals surface area (Å²) in [7, 11) is 0. The number of hydrogen-bond acceptors (Lipinski definition) is 6. The average Bonchev–Trinajstić information content (AvgIpc) is 3.14. The van der Waals surface area contributed by atoms with Gasteiger partial charge in [-0.25, -0.2) is 9.79 Å². The molecule has 0 unspecified atom stereocenters. The number of aliphatic imine (C=N–C) groups is 1. The van der Waals surface area contributed by atoms with Crippen molar-refractivity contribution in [3.8, 4) is 5.75 Å². The summed E-state index contributed by atoms with van der Waals surface area (Å²) in [6.45, 7) is 0.394. The Morgan fingerprint density at radius 2 is 1.75 bits per heavy atom. The molecule has 1 aliphatic heterocycles. The molecule has 3 aromatic rings. The first-order chi connectivity index (χ1) is 15.4. The summed E-state index contributed by atoms with van der Waals surface area (Å²) in [5, 5.41) is 11.7. The average molecular weight is 469 g/mol. The zero-order valence-corrected chi connectivity index (χ0v) is 17.8. The minimum atomic E-state index is -0.652. The van der Waals surface area contributed by atoms with Gasteiger partial charge >= 0.3 is 5.97 Å². The Morgan fingerprint density at radius 3 is 2.44 bits per heavy atom. The second-order valence-corrected chi connectivity index (χ2v) is 7.59. The molecule has 0 saturated carbocycles. The number of benzene rings is 3. The van der Waals surface area contributed by atoms with Crippen LogP contribution in [0.2, 0.25) is 10.0 Å². The van der Waals surface area contributed by atoms with E-state index < -0.39 is 10.9 Å². The summed E-state index contributed by atoms with van der Waals surface area (Å²) in [4.78, 5) is 26.8. The van der Waals surface area contributed by atoms with Crippen molar-refractivity contribution in [1.82, 2.24) is 0 Å². The minimum Gasteiger partial charge on any atom is -0.489 e. The van der Waals surface area contributed by atoms with Crippen molar-refractivity contribution in [2.75, 3.05) is 0 Å². The van der Waals surface area contributed by atoms with Gasteiger partial charge in [-0.2, -0.15) is 0 Å². The Balaban J connectivity index is 1.48. The van der Waals surface area contributed by atoms with Gasteiger partial charge in [0.25, 0.3) is 5.69 Å². The van der Waals surface area contributed by atoms with E-state index in [9.17, 15) is 14.9 Å². The molecule has 0 atom stereocenters. The maximum atomic E-state index is 12.2. The van der Waals surface area contributed by atoms with Gasteiger partial charge in [0.15, 0.2) is 5.70 Å². The number of halogens is 2. The molecule has 160 valence electrons. The molecule has 0 radical (unpaired) electrons. The molecule has 0 aliphatic carbocycles. The quantitative estimate of drug-likeness (QED) is 0.196. The van der Waals surface area contributed by atoms with Crippen molar-refractivity contribution in [2.24, 2.45) is 4.99 Å². The highest BCUT2D eigenvalue weighted by Gasteiger charge is 2.26. The predicted octanol–water partition coefficient (Wildman–Crippen LogP) is 5.83. The van der Waals surface area contributed by atoms with Crippen molar-refractivity contribution in [3.63, 3.8) is 0 Å². The largest absolute Gasteiger partial charge is 0.489 e. The minimum absolute atomic E-state index is 0.0159. The molecule has 0 fully saturated rings. The van der Waals surface area contributed by atoms with E-state index in [0.29, 0.717) is 22.9 Å². The van der Waals surface area contributed by atoms with Crippen LogP contribution in [0.5, 0.6) is 5.75 Å². The highest BCUT2D eigenvalue weighted by Crippen LogP contribution is 2.28. The molecule has 3 aromatic carbocycles. The summed E-state index contributed by atoms with van der Waals surface area (Å²) in [5.41, 5.74) is 1.76. The third kappa shape index (κ3) is 4.96. The zero-order chi connectivity index (χ0) is 22.7. The number of ether oxygens (including phenoxy) is 2. The van der Waals surface area contributed by atoms with Crippen LogP contribution in [-0.2, 0) is 16.1 Å². The fraction of sp³-hybridized carbons (Fsp3) is 0.0435. The van der Waals surface area contributed by atoms with Crippen LogP contribution in [0.25, 0.3) is 6.08 Å². The van der Waals surface area contributed by atoms with Crippen molar-refractivity contribution >= 4 is 46.8 Å². The molecule has 0 amide bonds. The lowest BCUT2D eigenvalue weighted by Crippen LogP contribution is -2.06. The lowest BCUT2D eigenvalue weighted by atomic mass is 10.2. The topological polar surface area (TPSA) is 91.0 Å². The number of esters is 1. The summed E-state index contributed by atoms with van der Waals surface area (Å²) < 4.78 is 10.9. The summed E-state index contributed by atoms with van der Waals surface area (Å²) in [5.74, 6) is -0.0154. The number of rotatable bonds is 6. The second-order valence-electron chi connectivity index (χ2n) is 6.74. The van der Waals surface area contributed by atoms with Gasteiger partial charge in [0.1, 0.15) is 17.4 Å². The molecule has 1 heterocycles. The van der Waals surface area contributed by atoms with E-state index >= 15 is 0 Å². The molecule has 0 spiro atoms. The molecule has 32 heavy (non-hydrogen) atoms. The summed E-state index contributed by atoms with van der Waals surface area (Å²) >= 11 is 11.7. The number of cyclic esters (lactones) is 1. The highest BCUT2D eigenvalue weighted by atomic mass is 35.5. The van der Waals surface area contributed by atoms with E-state index in [1.54, 1.807) is 42.5 Å². The Bertz CT molecular complexity index is 1250. The number of carbonyl (C=O) groups excluding carboxylic acids is 1. The van der Waals surface area contributed by atoms with E-state index in [1.165, 1.54) is 18.2 Å². The van der Waals surface area contributed by atoms with Crippen LogP contribution in [0, 0.1) is 10.1 Å². The van der Waals surface area contributed by atoms with Crippen LogP contribution in [0.15, 0.2) is 77.4 Å². The van der Waals surface area contributed by atoms with Crippen LogP contribution < -0.4 is 4.74 Å². The maximum Gasteiger partial charge on any atom is 0.363 e.